The first-order valence-electron chi connectivity index (χ1n) is 9.43. The van der Waals surface area contributed by atoms with Crippen molar-refractivity contribution in [3.8, 4) is 0 Å². The van der Waals surface area contributed by atoms with E-state index in [0.29, 0.717) is 23.1 Å². The Hall–Kier alpha value is -2.86. The third kappa shape index (κ3) is 5.88. The molecule has 0 spiro atoms. The van der Waals surface area contributed by atoms with Gasteiger partial charge in [-0.05, 0) is 42.8 Å². The van der Waals surface area contributed by atoms with Crippen molar-refractivity contribution >= 4 is 50.9 Å². The molecule has 0 unspecified atom stereocenters. The second-order valence-corrected chi connectivity index (χ2v) is 8.55. The number of fused-ring (bicyclic) bond motifs is 1. The molecule has 2 heterocycles. The lowest BCUT2D eigenvalue weighted by atomic mass is 10.1. The number of carbonyl (C=O) groups excluding carboxylic acids is 2. The van der Waals surface area contributed by atoms with Crippen LogP contribution in [0.5, 0.6) is 0 Å². The summed E-state index contributed by atoms with van der Waals surface area (Å²) in [6.45, 7) is 0.188. The minimum Gasteiger partial charge on any atom is -0.550 e. The van der Waals surface area contributed by atoms with E-state index in [4.69, 9.17) is 0 Å². The number of nitrogens with one attached hydrogen (secondary N) is 1. The molecule has 0 fully saturated rings. The number of benzene rings is 1. The minimum absolute atomic E-state index is 0.146. The first kappa shape index (κ1) is 23.8. The second kappa shape index (κ2) is 10.2. The fraction of sp³-hybridized carbons (Fsp3) is 0.300. The molecule has 1 aromatic carbocycles. The summed E-state index contributed by atoms with van der Waals surface area (Å²) in [6.07, 6.45) is -4.08. The number of thiophene rings is 1. The van der Waals surface area contributed by atoms with E-state index < -0.39 is 23.6 Å². The molecule has 12 heteroatoms. The Morgan fingerprint density at radius 1 is 1.19 bits per heavy atom. The molecular weight excluding hydrogens is 467 g/mol. The number of carbonyl (C=O) groups is 2. The number of hydrogen-bond donors (Lipinski definition) is 1. The summed E-state index contributed by atoms with van der Waals surface area (Å²) in [5.74, 6) is -2.14. The highest BCUT2D eigenvalue weighted by molar-refractivity contribution is 7.99. The summed E-state index contributed by atoms with van der Waals surface area (Å²) in [5.41, 5.74) is -1.17. The van der Waals surface area contributed by atoms with Crippen molar-refractivity contribution in [1.82, 2.24) is 9.55 Å². The number of amides is 1. The number of para-hydroxylation sites is 1. The van der Waals surface area contributed by atoms with Crippen LogP contribution in [0.3, 0.4) is 0 Å². The predicted molar refractivity (Wildman–Crippen MR) is 114 cm³/mol. The molecule has 0 atom stereocenters. The van der Waals surface area contributed by atoms with E-state index in [-0.39, 0.29) is 35.1 Å². The summed E-state index contributed by atoms with van der Waals surface area (Å²) in [5, 5.41) is 14.8. The Bertz CT molecular complexity index is 1190. The molecule has 1 N–H and O–H groups in total. The largest absolute Gasteiger partial charge is 0.550 e. The lowest BCUT2D eigenvalue weighted by Gasteiger charge is -2.14. The van der Waals surface area contributed by atoms with Gasteiger partial charge in [-0.1, -0.05) is 23.9 Å². The van der Waals surface area contributed by atoms with Crippen LogP contribution in [0.25, 0.3) is 10.2 Å². The highest BCUT2D eigenvalue weighted by atomic mass is 32.2. The Morgan fingerprint density at radius 2 is 1.94 bits per heavy atom. The van der Waals surface area contributed by atoms with Gasteiger partial charge in [0, 0.05) is 12.5 Å². The molecule has 32 heavy (non-hydrogen) atoms. The maximum Gasteiger partial charge on any atom is 0.418 e. The molecule has 0 saturated carbocycles. The SMILES string of the molecule is O=C([O-])CCCCn1c(SCC(=O)Nc2ccccc2C(F)(F)F)nc2ccsc2c1=O. The number of nitrogens with zero attached hydrogens (tertiary/aromatic N) is 2. The lowest BCUT2D eigenvalue weighted by Crippen LogP contribution is -2.25. The Kier molecular flexibility index (Phi) is 7.56. The second-order valence-electron chi connectivity index (χ2n) is 6.70. The number of carboxylic acids is 1. The molecule has 2 aromatic heterocycles. The van der Waals surface area contributed by atoms with Crippen LogP contribution < -0.4 is 16.0 Å². The van der Waals surface area contributed by atoms with E-state index in [1.165, 1.54) is 28.0 Å². The quantitative estimate of drug-likeness (QED) is 0.284. The number of carboxylic acid groups (broad SMARTS) is 1. The molecule has 0 bridgehead atoms. The molecule has 0 aliphatic rings. The van der Waals surface area contributed by atoms with Gasteiger partial charge in [0.2, 0.25) is 5.91 Å². The summed E-state index contributed by atoms with van der Waals surface area (Å²) < 4.78 is 41.1. The van der Waals surface area contributed by atoms with Crippen molar-refractivity contribution in [3.05, 3.63) is 51.6 Å². The zero-order valence-corrected chi connectivity index (χ0v) is 18.1. The molecule has 0 aliphatic heterocycles. The molecule has 3 rings (SSSR count). The van der Waals surface area contributed by atoms with E-state index in [1.807, 2.05) is 0 Å². The van der Waals surface area contributed by atoms with Crippen molar-refractivity contribution < 1.29 is 27.9 Å². The molecule has 3 aromatic rings. The number of hydrogen-bond acceptors (Lipinski definition) is 7. The fourth-order valence-corrected chi connectivity index (χ4v) is 4.53. The molecule has 0 radical (unpaired) electrons. The number of anilines is 1. The van der Waals surface area contributed by atoms with Gasteiger partial charge in [-0.15, -0.1) is 11.3 Å². The van der Waals surface area contributed by atoms with Crippen LogP contribution in [0.2, 0.25) is 0 Å². The number of halogens is 3. The minimum atomic E-state index is -4.62. The number of thioether (sulfide) groups is 1. The van der Waals surface area contributed by atoms with Crippen LogP contribution >= 0.6 is 23.1 Å². The van der Waals surface area contributed by atoms with E-state index in [0.717, 1.165) is 23.9 Å². The maximum atomic E-state index is 13.1. The van der Waals surface area contributed by atoms with E-state index in [1.54, 1.807) is 11.4 Å². The van der Waals surface area contributed by atoms with E-state index >= 15 is 0 Å². The van der Waals surface area contributed by atoms with Crippen molar-refractivity contribution in [2.45, 2.75) is 37.1 Å². The summed E-state index contributed by atoms with van der Waals surface area (Å²) in [7, 11) is 0. The van der Waals surface area contributed by atoms with Gasteiger partial charge >= 0.3 is 6.18 Å². The van der Waals surface area contributed by atoms with Gasteiger partial charge in [0.1, 0.15) is 4.70 Å². The average molecular weight is 485 g/mol. The molecule has 0 aliphatic carbocycles. The van der Waals surface area contributed by atoms with Gasteiger partial charge in [-0.3, -0.25) is 14.2 Å². The van der Waals surface area contributed by atoms with Gasteiger partial charge in [0.15, 0.2) is 5.16 Å². The normalized spacial score (nSPS) is 11.6. The van der Waals surface area contributed by atoms with Crippen molar-refractivity contribution in [2.24, 2.45) is 0 Å². The first-order valence-corrected chi connectivity index (χ1v) is 11.3. The molecule has 1 amide bonds. The van der Waals surface area contributed by atoms with E-state index in [9.17, 15) is 32.7 Å². The van der Waals surface area contributed by atoms with Crippen molar-refractivity contribution in [2.75, 3.05) is 11.1 Å². The molecule has 0 saturated heterocycles. The molecule has 170 valence electrons. The zero-order chi connectivity index (χ0) is 23.3. The monoisotopic (exact) mass is 484 g/mol. The van der Waals surface area contributed by atoms with Crippen molar-refractivity contribution in [3.63, 3.8) is 0 Å². The number of alkyl halides is 3. The third-order valence-electron chi connectivity index (χ3n) is 4.38. The van der Waals surface area contributed by atoms with Crippen molar-refractivity contribution in [1.29, 1.82) is 0 Å². The topological polar surface area (TPSA) is 104 Å². The van der Waals surface area contributed by atoms with Crippen LogP contribution in [-0.4, -0.2) is 27.2 Å². The van der Waals surface area contributed by atoms with Gasteiger partial charge in [0.25, 0.3) is 5.56 Å². The standard InChI is InChI=1S/C20H18F3N3O4S2/c21-20(22,23)12-5-1-2-6-13(12)24-15(27)11-32-19-25-14-8-10-31-17(14)18(30)26(19)9-4-3-7-16(28)29/h1-2,5-6,8,10H,3-4,7,9,11H2,(H,24,27)(H,28,29)/p-1. The third-order valence-corrected chi connectivity index (χ3v) is 6.25. The zero-order valence-electron chi connectivity index (χ0n) is 16.5. The Balaban J connectivity index is 1.75. The molecular formula is C20H17F3N3O4S2-. The van der Waals surface area contributed by atoms with Crippen LogP contribution in [0.1, 0.15) is 24.8 Å². The predicted octanol–water partition coefficient (Wildman–Crippen LogP) is 3.13. The van der Waals surface area contributed by atoms with Crippen LogP contribution in [0.15, 0.2) is 45.7 Å². The Morgan fingerprint density at radius 3 is 2.66 bits per heavy atom. The van der Waals surface area contributed by atoms with Gasteiger partial charge in [0.05, 0.1) is 22.5 Å². The maximum absolute atomic E-state index is 13.1. The van der Waals surface area contributed by atoms with Crippen LogP contribution in [-0.2, 0) is 22.3 Å². The number of aromatic nitrogens is 2. The summed E-state index contributed by atoms with van der Waals surface area (Å²) in [6, 6.07) is 6.31. The van der Waals surface area contributed by atoms with Gasteiger partial charge in [-0.2, -0.15) is 13.2 Å². The Labute approximate surface area is 188 Å². The average Bonchev–Trinajstić information content (AvgIpc) is 3.19. The highest BCUT2D eigenvalue weighted by Gasteiger charge is 2.33. The fourth-order valence-electron chi connectivity index (χ4n) is 2.93. The van der Waals surface area contributed by atoms with Crippen LogP contribution in [0, 0.1) is 0 Å². The summed E-state index contributed by atoms with van der Waals surface area (Å²) >= 11 is 2.13. The highest BCUT2D eigenvalue weighted by Crippen LogP contribution is 2.34. The van der Waals surface area contributed by atoms with E-state index in [2.05, 4.69) is 10.3 Å². The molecule has 7 nitrogen and oxygen atoms in total. The van der Waals surface area contributed by atoms with Gasteiger partial charge in [-0.25, -0.2) is 4.98 Å². The smallest absolute Gasteiger partial charge is 0.418 e. The lowest BCUT2D eigenvalue weighted by molar-refractivity contribution is -0.305. The number of rotatable bonds is 9. The van der Waals surface area contributed by atoms with Gasteiger partial charge < -0.3 is 15.2 Å². The van der Waals surface area contributed by atoms with Crippen LogP contribution in [0.4, 0.5) is 18.9 Å². The first-order chi connectivity index (χ1) is 15.2. The summed E-state index contributed by atoms with van der Waals surface area (Å²) in [4.78, 5) is 40.1. The number of aliphatic carboxylic acids is 1. The number of unbranched alkanes of at least 4 members (excludes halogenated alkanes) is 1.